The van der Waals surface area contributed by atoms with Crippen molar-refractivity contribution in [1.29, 1.82) is 0 Å². The molecule has 0 heterocycles. The van der Waals surface area contributed by atoms with Crippen LogP contribution in [0.15, 0.2) is 11.6 Å². The van der Waals surface area contributed by atoms with Crippen molar-refractivity contribution >= 4 is 12.3 Å². The Morgan fingerprint density at radius 2 is 1.38 bits per heavy atom. The van der Waals surface area contributed by atoms with E-state index >= 15 is 0 Å². The van der Waals surface area contributed by atoms with Gasteiger partial charge in [0, 0.05) is 19.5 Å². The van der Waals surface area contributed by atoms with E-state index in [0.29, 0.717) is 26.0 Å². The Hall–Kier alpha value is -1.16. The van der Waals surface area contributed by atoms with Crippen molar-refractivity contribution in [3.8, 4) is 0 Å². The molecule has 0 aromatic carbocycles. The van der Waals surface area contributed by atoms with E-state index in [1.807, 2.05) is 5.57 Å². The van der Waals surface area contributed by atoms with Gasteiger partial charge in [-0.3, -0.25) is 4.79 Å². The largest absolute Gasteiger partial charge is 0.466 e. The molecule has 0 fully saturated rings. The van der Waals surface area contributed by atoms with Crippen LogP contribution in [0.25, 0.3) is 0 Å². The van der Waals surface area contributed by atoms with E-state index in [1.165, 1.54) is 128 Å². The van der Waals surface area contributed by atoms with Gasteiger partial charge >= 0.3 is 5.97 Å². The number of nitrogens with zero attached hydrogens (tertiary/aromatic N) is 1. The van der Waals surface area contributed by atoms with Crippen molar-refractivity contribution in [3.05, 3.63) is 11.6 Å². The van der Waals surface area contributed by atoms with Gasteiger partial charge in [-0.25, -0.2) is 0 Å². The van der Waals surface area contributed by atoms with Gasteiger partial charge in [0.15, 0.2) is 0 Å². The van der Waals surface area contributed by atoms with Gasteiger partial charge in [0.25, 0.3) is 0 Å². The van der Waals surface area contributed by atoms with Crippen LogP contribution < -0.4 is 0 Å². The van der Waals surface area contributed by atoms with E-state index < -0.39 is 0 Å². The number of allylic oxidation sites excluding steroid dienone is 2. The molecule has 0 amide bonds. The second kappa shape index (κ2) is 28.6. The molecule has 0 radical (unpaired) electrons. The number of carbonyl (C=O) groups is 2. The molecule has 1 aliphatic rings. The number of aldehydes is 1. The van der Waals surface area contributed by atoms with E-state index in [1.54, 1.807) is 0 Å². The summed E-state index contributed by atoms with van der Waals surface area (Å²) >= 11 is 0. The van der Waals surface area contributed by atoms with Crippen LogP contribution in [0.3, 0.4) is 0 Å². The van der Waals surface area contributed by atoms with E-state index in [9.17, 15) is 9.59 Å². The van der Waals surface area contributed by atoms with Gasteiger partial charge in [-0.1, -0.05) is 135 Å². The average molecular weight is 590 g/mol. The third-order valence-electron chi connectivity index (χ3n) is 9.38. The molecule has 2 unspecified atom stereocenters. The molecule has 1 aliphatic carbocycles. The molecule has 2 atom stereocenters. The van der Waals surface area contributed by atoms with Crippen molar-refractivity contribution in [2.24, 2.45) is 11.8 Å². The lowest BCUT2D eigenvalue weighted by Gasteiger charge is -2.25. The molecule has 0 spiro atoms. The molecule has 0 aromatic heterocycles. The maximum Gasteiger partial charge on any atom is 0.307 e. The zero-order chi connectivity index (χ0) is 30.5. The third kappa shape index (κ3) is 20.7. The van der Waals surface area contributed by atoms with E-state index in [4.69, 9.17) is 4.74 Å². The highest BCUT2D eigenvalue weighted by Gasteiger charge is 2.25. The fourth-order valence-corrected chi connectivity index (χ4v) is 6.75. The zero-order valence-corrected chi connectivity index (χ0v) is 28.5. The number of hydrogen-bond acceptors (Lipinski definition) is 4. The predicted molar refractivity (Wildman–Crippen MR) is 181 cm³/mol. The maximum absolute atomic E-state index is 12.4. The van der Waals surface area contributed by atoms with Crippen molar-refractivity contribution in [3.63, 3.8) is 0 Å². The molecule has 0 N–H and O–H groups in total. The number of carbonyl (C=O) groups excluding carboxylic acids is 2. The van der Waals surface area contributed by atoms with Crippen LogP contribution in [0.4, 0.5) is 0 Å². The third-order valence-corrected chi connectivity index (χ3v) is 9.38. The highest BCUT2D eigenvalue weighted by atomic mass is 16.5. The standard InChI is InChI=1S/C38H71NO3/c1-4-7-10-13-14-18-25-35(24-17-12-9-6-3)37-28-22-27-36(37)26-19-16-21-34-42-38(41)29-32-39(31-23-33-40)30-20-15-11-8-5-2/h28,33,35-36H,4-27,29-32,34H2,1-3H3. The lowest BCUT2D eigenvalue weighted by molar-refractivity contribution is -0.144. The smallest absolute Gasteiger partial charge is 0.307 e. The van der Waals surface area contributed by atoms with Crippen LogP contribution in [0.2, 0.25) is 0 Å². The molecular formula is C38H71NO3. The van der Waals surface area contributed by atoms with E-state index in [-0.39, 0.29) is 5.97 Å². The van der Waals surface area contributed by atoms with E-state index in [0.717, 1.165) is 50.5 Å². The van der Waals surface area contributed by atoms with Crippen LogP contribution >= 0.6 is 0 Å². The van der Waals surface area contributed by atoms with Gasteiger partial charge in [0.05, 0.1) is 13.0 Å². The van der Waals surface area contributed by atoms with Crippen molar-refractivity contribution in [2.75, 3.05) is 26.2 Å². The minimum absolute atomic E-state index is 0.0845. The summed E-state index contributed by atoms with van der Waals surface area (Å²) < 4.78 is 5.58. The molecule has 4 heteroatoms. The first-order chi connectivity index (χ1) is 20.7. The minimum Gasteiger partial charge on any atom is -0.466 e. The van der Waals surface area contributed by atoms with Gasteiger partial charge in [-0.15, -0.1) is 0 Å². The average Bonchev–Trinajstić information content (AvgIpc) is 3.46. The molecule has 0 aromatic rings. The summed E-state index contributed by atoms with van der Waals surface area (Å²) in [5.41, 5.74) is 1.82. The number of unbranched alkanes of at least 4 members (excludes halogenated alkanes) is 14. The second-order valence-corrected chi connectivity index (χ2v) is 13.1. The topological polar surface area (TPSA) is 46.6 Å². The summed E-state index contributed by atoms with van der Waals surface area (Å²) in [6.45, 7) is 9.83. The Balaban J connectivity index is 2.30. The van der Waals surface area contributed by atoms with Crippen molar-refractivity contribution in [2.45, 2.75) is 181 Å². The van der Waals surface area contributed by atoms with Gasteiger partial charge < -0.3 is 14.4 Å². The van der Waals surface area contributed by atoms with Crippen LogP contribution in [-0.2, 0) is 14.3 Å². The lowest BCUT2D eigenvalue weighted by Crippen LogP contribution is -2.29. The summed E-state index contributed by atoms with van der Waals surface area (Å²) in [4.78, 5) is 25.5. The molecule has 4 nitrogen and oxygen atoms in total. The lowest BCUT2D eigenvalue weighted by atomic mass is 9.81. The van der Waals surface area contributed by atoms with Gasteiger partial charge in [-0.2, -0.15) is 0 Å². The molecule has 246 valence electrons. The Bertz CT molecular complexity index is 661. The highest BCUT2D eigenvalue weighted by molar-refractivity contribution is 5.69. The molecular weight excluding hydrogens is 518 g/mol. The normalized spacial score (nSPS) is 15.7. The number of ether oxygens (including phenoxy) is 1. The Morgan fingerprint density at radius 3 is 2.05 bits per heavy atom. The predicted octanol–water partition coefficient (Wildman–Crippen LogP) is 11.0. The fraction of sp³-hybridized carbons (Fsp3) is 0.895. The Morgan fingerprint density at radius 1 is 0.786 bits per heavy atom. The number of rotatable bonds is 31. The summed E-state index contributed by atoms with van der Waals surface area (Å²) in [7, 11) is 0. The highest BCUT2D eigenvalue weighted by Crippen LogP contribution is 2.39. The quantitative estimate of drug-likeness (QED) is 0.0349. The monoisotopic (exact) mass is 590 g/mol. The molecule has 0 saturated heterocycles. The van der Waals surface area contributed by atoms with Gasteiger partial charge in [0.1, 0.15) is 6.29 Å². The van der Waals surface area contributed by atoms with Crippen molar-refractivity contribution in [1.82, 2.24) is 4.90 Å². The van der Waals surface area contributed by atoms with Crippen LogP contribution in [0.5, 0.6) is 0 Å². The number of hydrogen-bond donors (Lipinski definition) is 0. The molecule has 42 heavy (non-hydrogen) atoms. The summed E-state index contributed by atoms with van der Waals surface area (Å²) in [5.74, 6) is 1.53. The van der Waals surface area contributed by atoms with E-state index in [2.05, 4.69) is 31.7 Å². The SMILES string of the molecule is CCCCCCCCC(CCCCCC)C1=CCCC1CCCCCOC(=O)CCN(CCC=O)CCCCCCC. The van der Waals surface area contributed by atoms with Gasteiger partial charge in [0.2, 0.25) is 0 Å². The second-order valence-electron chi connectivity index (χ2n) is 13.1. The summed E-state index contributed by atoms with van der Waals surface area (Å²) in [6, 6.07) is 0. The molecule has 1 rings (SSSR count). The summed E-state index contributed by atoms with van der Waals surface area (Å²) in [5, 5.41) is 0. The summed E-state index contributed by atoms with van der Waals surface area (Å²) in [6.07, 6.45) is 34.8. The first-order valence-electron chi connectivity index (χ1n) is 18.7. The maximum atomic E-state index is 12.4. The molecule has 0 saturated carbocycles. The molecule has 0 aliphatic heterocycles. The fourth-order valence-electron chi connectivity index (χ4n) is 6.75. The van der Waals surface area contributed by atoms with Crippen LogP contribution in [0.1, 0.15) is 181 Å². The Kier molecular flexibility index (Phi) is 26.5. The Labute approximate surface area is 262 Å². The number of esters is 1. The molecule has 0 bridgehead atoms. The first-order valence-corrected chi connectivity index (χ1v) is 18.7. The van der Waals surface area contributed by atoms with Gasteiger partial charge in [-0.05, 0) is 63.3 Å². The van der Waals surface area contributed by atoms with Crippen LogP contribution in [-0.4, -0.2) is 43.4 Å². The zero-order valence-electron chi connectivity index (χ0n) is 28.5. The van der Waals surface area contributed by atoms with Crippen molar-refractivity contribution < 1.29 is 14.3 Å². The van der Waals surface area contributed by atoms with Crippen LogP contribution in [0, 0.1) is 11.8 Å². The first kappa shape index (κ1) is 38.9. The minimum atomic E-state index is -0.0845.